The lowest BCUT2D eigenvalue weighted by Gasteiger charge is -2.21. The molecule has 0 amide bonds. The van der Waals surface area contributed by atoms with Crippen molar-refractivity contribution >= 4 is 6.08 Å². The van der Waals surface area contributed by atoms with Crippen LogP contribution in [0, 0.1) is 0 Å². The normalized spacial score (nSPS) is 18.1. The van der Waals surface area contributed by atoms with E-state index in [2.05, 4.69) is 0 Å². The van der Waals surface area contributed by atoms with Crippen LogP contribution in [0.2, 0.25) is 0 Å². The predicted octanol–water partition coefficient (Wildman–Crippen LogP) is 2.46. The van der Waals surface area contributed by atoms with Crippen LogP contribution in [0.3, 0.4) is 0 Å². The zero-order valence-corrected chi connectivity index (χ0v) is 8.90. The van der Waals surface area contributed by atoms with Gasteiger partial charge in [0.15, 0.2) is 0 Å². The smallest absolute Gasteiger partial charge is 0.220 e. The molecule has 0 radical (unpaired) electrons. The third-order valence-corrected chi connectivity index (χ3v) is 2.23. The minimum Gasteiger partial charge on any atom is -0.497 e. The van der Waals surface area contributed by atoms with Gasteiger partial charge < -0.3 is 14.2 Å². The van der Waals surface area contributed by atoms with Crippen molar-refractivity contribution in [3.05, 3.63) is 29.8 Å². The van der Waals surface area contributed by atoms with Crippen molar-refractivity contribution < 1.29 is 14.2 Å². The largest absolute Gasteiger partial charge is 0.497 e. The Hall–Kier alpha value is -1.48. The van der Waals surface area contributed by atoms with Gasteiger partial charge in [0.2, 0.25) is 6.29 Å². The summed E-state index contributed by atoms with van der Waals surface area (Å²) in [6, 6.07) is 5.74. The molecule has 0 aliphatic carbocycles. The molecule has 1 heterocycles. The monoisotopic (exact) mass is 206 g/mol. The fourth-order valence-electron chi connectivity index (χ4n) is 1.48. The lowest BCUT2D eigenvalue weighted by molar-refractivity contribution is -0.0414. The highest BCUT2D eigenvalue weighted by Crippen LogP contribution is 2.30. The minimum atomic E-state index is -0.283. The van der Waals surface area contributed by atoms with E-state index in [1.54, 1.807) is 7.11 Å². The van der Waals surface area contributed by atoms with E-state index < -0.39 is 0 Å². The average Bonchev–Trinajstić information content (AvgIpc) is 2.28. The van der Waals surface area contributed by atoms with Gasteiger partial charge in [0.25, 0.3) is 0 Å². The molecule has 0 spiro atoms. The Morgan fingerprint density at radius 1 is 1.40 bits per heavy atom. The topological polar surface area (TPSA) is 27.7 Å². The molecule has 0 bridgehead atoms. The van der Waals surface area contributed by atoms with E-state index in [1.807, 2.05) is 37.3 Å². The highest BCUT2D eigenvalue weighted by molar-refractivity contribution is 5.61. The van der Waals surface area contributed by atoms with E-state index in [-0.39, 0.29) is 6.29 Å². The molecule has 0 saturated carbocycles. The molecule has 0 saturated heterocycles. The van der Waals surface area contributed by atoms with Crippen molar-refractivity contribution in [1.29, 1.82) is 0 Å². The molecular weight excluding hydrogens is 192 g/mol. The number of rotatable bonds is 3. The van der Waals surface area contributed by atoms with Crippen LogP contribution in [0.5, 0.6) is 11.5 Å². The Morgan fingerprint density at radius 2 is 2.27 bits per heavy atom. The van der Waals surface area contributed by atoms with Crippen molar-refractivity contribution in [3.63, 3.8) is 0 Å². The molecule has 1 aromatic rings. The Balaban J connectivity index is 2.22. The van der Waals surface area contributed by atoms with E-state index in [4.69, 9.17) is 14.2 Å². The average molecular weight is 206 g/mol. The number of methoxy groups -OCH3 is 1. The quantitative estimate of drug-likeness (QED) is 0.760. The Kier molecular flexibility index (Phi) is 2.92. The first-order chi connectivity index (χ1) is 7.33. The van der Waals surface area contributed by atoms with Crippen LogP contribution in [0.15, 0.2) is 24.3 Å². The summed E-state index contributed by atoms with van der Waals surface area (Å²) in [7, 11) is 1.64. The SMILES string of the molecule is CCOC1C=Cc2ccc(OC)cc2O1. The van der Waals surface area contributed by atoms with Crippen molar-refractivity contribution in [2.45, 2.75) is 13.2 Å². The first-order valence-electron chi connectivity index (χ1n) is 4.98. The summed E-state index contributed by atoms with van der Waals surface area (Å²) in [5.74, 6) is 1.59. The lowest BCUT2D eigenvalue weighted by atomic mass is 10.1. The molecule has 80 valence electrons. The molecule has 0 N–H and O–H groups in total. The third kappa shape index (κ3) is 2.13. The van der Waals surface area contributed by atoms with Crippen LogP contribution in [-0.2, 0) is 4.74 Å². The first kappa shape index (κ1) is 10.1. The summed E-state index contributed by atoms with van der Waals surface area (Å²) >= 11 is 0. The van der Waals surface area contributed by atoms with Gasteiger partial charge in [-0.05, 0) is 31.2 Å². The van der Waals surface area contributed by atoms with E-state index in [1.165, 1.54) is 0 Å². The van der Waals surface area contributed by atoms with Gasteiger partial charge in [-0.15, -0.1) is 0 Å². The molecule has 1 atom stereocenters. The van der Waals surface area contributed by atoms with Crippen LogP contribution in [-0.4, -0.2) is 20.0 Å². The molecule has 1 aliphatic heterocycles. The molecule has 0 aromatic heterocycles. The second kappa shape index (κ2) is 4.36. The second-order valence-electron chi connectivity index (χ2n) is 3.20. The van der Waals surface area contributed by atoms with E-state index >= 15 is 0 Å². The van der Waals surface area contributed by atoms with Crippen molar-refractivity contribution in [2.24, 2.45) is 0 Å². The van der Waals surface area contributed by atoms with Gasteiger partial charge in [-0.1, -0.05) is 0 Å². The maximum Gasteiger partial charge on any atom is 0.220 e. The molecule has 3 nitrogen and oxygen atoms in total. The molecule has 1 aromatic carbocycles. The lowest BCUT2D eigenvalue weighted by Crippen LogP contribution is -2.20. The zero-order chi connectivity index (χ0) is 10.7. The van der Waals surface area contributed by atoms with Gasteiger partial charge in [0, 0.05) is 18.2 Å². The highest BCUT2D eigenvalue weighted by atomic mass is 16.7. The third-order valence-electron chi connectivity index (χ3n) is 2.23. The van der Waals surface area contributed by atoms with Gasteiger partial charge >= 0.3 is 0 Å². The first-order valence-corrected chi connectivity index (χ1v) is 4.98. The Bertz CT molecular complexity index is 371. The minimum absolute atomic E-state index is 0.283. The predicted molar refractivity (Wildman–Crippen MR) is 58.1 cm³/mol. The number of benzene rings is 1. The van der Waals surface area contributed by atoms with Crippen LogP contribution in [0.4, 0.5) is 0 Å². The molecular formula is C12H14O3. The van der Waals surface area contributed by atoms with Gasteiger partial charge in [-0.2, -0.15) is 0 Å². The number of ether oxygens (including phenoxy) is 3. The fourth-order valence-corrected chi connectivity index (χ4v) is 1.48. The molecule has 0 fully saturated rings. The van der Waals surface area contributed by atoms with Crippen molar-refractivity contribution in [3.8, 4) is 11.5 Å². The molecule has 1 unspecified atom stereocenters. The van der Waals surface area contributed by atoms with Gasteiger partial charge in [-0.3, -0.25) is 0 Å². The standard InChI is InChI=1S/C12H14O3/c1-3-14-12-7-5-9-4-6-10(13-2)8-11(9)15-12/h4-8,12H,3H2,1-2H3. The summed E-state index contributed by atoms with van der Waals surface area (Å²) in [5, 5.41) is 0. The molecule has 3 heteroatoms. The fraction of sp³-hybridized carbons (Fsp3) is 0.333. The zero-order valence-electron chi connectivity index (χ0n) is 8.90. The summed E-state index contributed by atoms with van der Waals surface area (Å²) in [4.78, 5) is 0. The van der Waals surface area contributed by atoms with Crippen LogP contribution >= 0.6 is 0 Å². The Morgan fingerprint density at radius 3 is 3.00 bits per heavy atom. The van der Waals surface area contributed by atoms with Crippen LogP contribution in [0.1, 0.15) is 12.5 Å². The second-order valence-corrected chi connectivity index (χ2v) is 3.20. The maximum absolute atomic E-state index is 5.63. The molecule has 15 heavy (non-hydrogen) atoms. The van der Waals surface area contributed by atoms with Crippen molar-refractivity contribution in [2.75, 3.05) is 13.7 Å². The number of hydrogen-bond donors (Lipinski definition) is 0. The van der Waals surface area contributed by atoms with Gasteiger partial charge in [0.05, 0.1) is 7.11 Å². The summed E-state index contributed by atoms with van der Waals surface area (Å²) in [6.07, 6.45) is 3.62. The van der Waals surface area contributed by atoms with Gasteiger partial charge in [-0.25, -0.2) is 0 Å². The Labute approximate surface area is 89.3 Å². The van der Waals surface area contributed by atoms with E-state index in [0.29, 0.717) is 6.61 Å². The molecule has 2 rings (SSSR count). The van der Waals surface area contributed by atoms with Crippen LogP contribution in [0.25, 0.3) is 6.08 Å². The summed E-state index contributed by atoms with van der Waals surface area (Å²) in [5.41, 5.74) is 1.05. The molecule has 1 aliphatic rings. The van der Waals surface area contributed by atoms with Crippen LogP contribution < -0.4 is 9.47 Å². The number of hydrogen-bond acceptors (Lipinski definition) is 3. The summed E-state index contributed by atoms with van der Waals surface area (Å²) < 4.78 is 16.1. The maximum atomic E-state index is 5.63. The number of fused-ring (bicyclic) bond motifs is 1. The van der Waals surface area contributed by atoms with E-state index in [0.717, 1.165) is 17.1 Å². The van der Waals surface area contributed by atoms with Gasteiger partial charge in [0.1, 0.15) is 11.5 Å². The summed E-state index contributed by atoms with van der Waals surface area (Å²) in [6.45, 7) is 2.58. The van der Waals surface area contributed by atoms with Crippen molar-refractivity contribution in [1.82, 2.24) is 0 Å². The highest BCUT2D eigenvalue weighted by Gasteiger charge is 2.14. The van der Waals surface area contributed by atoms with E-state index in [9.17, 15) is 0 Å².